The lowest BCUT2D eigenvalue weighted by Crippen LogP contribution is -2.14. The van der Waals surface area contributed by atoms with Gasteiger partial charge in [0.1, 0.15) is 20.3 Å². The number of pyridine rings is 1. The molecule has 0 bridgehead atoms. The summed E-state index contributed by atoms with van der Waals surface area (Å²) in [6, 6.07) is 13.5. The monoisotopic (exact) mass is 449 g/mol. The number of nitrogens with one attached hydrogen (secondary N) is 1. The second-order valence-corrected chi connectivity index (χ2v) is 9.53. The van der Waals surface area contributed by atoms with Crippen LogP contribution in [0.25, 0.3) is 20.9 Å². The quantitative estimate of drug-likeness (QED) is 0.428. The van der Waals surface area contributed by atoms with E-state index < -0.39 is 10.0 Å². The fourth-order valence-electron chi connectivity index (χ4n) is 2.69. The number of rotatable bonds is 4. The molecule has 0 aliphatic heterocycles. The molecular formula is C19H13Cl2N3O2S2. The predicted octanol–water partition coefficient (Wildman–Crippen LogP) is 5.77. The van der Waals surface area contributed by atoms with Crippen LogP contribution in [0, 0.1) is 6.92 Å². The molecule has 4 aromatic rings. The van der Waals surface area contributed by atoms with E-state index in [-0.39, 0.29) is 9.92 Å². The van der Waals surface area contributed by atoms with Gasteiger partial charge in [-0.05, 0) is 61.0 Å². The van der Waals surface area contributed by atoms with E-state index in [1.165, 1.54) is 29.5 Å². The van der Waals surface area contributed by atoms with E-state index in [0.717, 1.165) is 26.5 Å². The summed E-state index contributed by atoms with van der Waals surface area (Å²) < 4.78 is 28.0. The van der Waals surface area contributed by atoms with E-state index in [1.807, 2.05) is 31.2 Å². The highest BCUT2D eigenvalue weighted by molar-refractivity contribution is 7.92. The van der Waals surface area contributed by atoms with Crippen molar-refractivity contribution < 1.29 is 8.42 Å². The summed E-state index contributed by atoms with van der Waals surface area (Å²) in [7, 11) is -3.88. The predicted molar refractivity (Wildman–Crippen MR) is 115 cm³/mol. The van der Waals surface area contributed by atoms with Crippen molar-refractivity contribution in [3.63, 3.8) is 0 Å². The molecule has 0 aliphatic rings. The fourth-order valence-corrected chi connectivity index (χ4v) is 5.49. The largest absolute Gasteiger partial charge is 0.279 e. The minimum atomic E-state index is -3.88. The molecule has 0 atom stereocenters. The lowest BCUT2D eigenvalue weighted by atomic mass is 10.1. The molecule has 0 spiro atoms. The molecule has 0 unspecified atom stereocenters. The number of thiazole rings is 1. The summed E-state index contributed by atoms with van der Waals surface area (Å²) in [5.41, 5.74) is 2.94. The minimum Gasteiger partial charge on any atom is -0.279 e. The van der Waals surface area contributed by atoms with Gasteiger partial charge in [-0.2, -0.15) is 0 Å². The second kappa shape index (κ2) is 7.33. The number of anilines is 1. The Labute approximate surface area is 176 Å². The Balaban J connectivity index is 1.67. The molecule has 2 aromatic heterocycles. The van der Waals surface area contributed by atoms with E-state index in [0.29, 0.717) is 10.7 Å². The zero-order valence-electron chi connectivity index (χ0n) is 14.5. The number of aryl methyl sites for hydroxylation is 1. The number of fused-ring (bicyclic) bond motifs is 1. The molecule has 5 nitrogen and oxygen atoms in total. The molecule has 4 rings (SSSR count). The maximum atomic E-state index is 12.7. The van der Waals surface area contributed by atoms with Crippen LogP contribution >= 0.6 is 34.5 Å². The van der Waals surface area contributed by atoms with Crippen molar-refractivity contribution in [1.82, 2.24) is 9.97 Å². The zero-order valence-corrected chi connectivity index (χ0v) is 17.6. The fraction of sp³-hybridized carbons (Fsp3) is 0.0526. The highest BCUT2D eigenvalue weighted by Gasteiger charge is 2.20. The van der Waals surface area contributed by atoms with Crippen LogP contribution in [0.2, 0.25) is 10.0 Å². The number of benzene rings is 2. The number of halogens is 2. The van der Waals surface area contributed by atoms with E-state index in [9.17, 15) is 8.42 Å². The van der Waals surface area contributed by atoms with Crippen LogP contribution in [-0.4, -0.2) is 18.4 Å². The molecule has 142 valence electrons. The molecule has 2 heterocycles. The first-order chi connectivity index (χ1) is 13.3. The van der Waals surface area contributed by atoms with Gasteiger partial charge in [0.15, 0.2) is 0 Å². The number of aromatic nitrogens is 2. The molecule has 2 aromatic carbocycles. The van der Waals surface area contributed by atoms with Crippen molar-refractivity contribution in [3.05, 3.63) is 70.3 Å². The lowest BCUT2D eigenvalue weighted by molar-refractivity contribution is 0.601. The first kappa shape index (κ1) is 19.1. The summed E-state index contributed by atoms with van der Waals surface area (Å²) in [5.74, 6) is 0. The molecule has 1 N–H and O–H groups in total. The summed E-state index contributed by atoms with van der Waals surface area (Å²) >= 11 is 13.4. The average molecular weight is 450 g/mol. The van der Waals surface area contributed by atoms with Gasteiger partial charge in [-0.1, -0.05) is 34.5 Å². The first-order valence-electron chi connectivity index (χ1n) is 8.14. The molecule has 0 saturated carbocycles. The van der Waals surface area contributed by atoms with Crippen molar-refractivity contribution in [2.24, 2.45) is 0 Å². The van der Waals surface area contributed by atoms with E-state index in [4.69, 9.17) is 23.2 Å². The Bertz CT molecular complexity index is 1270. The van der Waals surface area contributed by atoms with Gasteiger partial charge in [0.2, 0.25) is 0 Å². The Kier molecular flexibility index (Phi) is 5.01. The smallest absolute Gasteiger partial charge is 0.263 e. The summed E-state index contributed by atoms with van der Waals surface area (Å²) in [4.78, 5) is 9.68. The van der Waals surface area contributed by atoms with Crippen molar-refractivity contribution in [3.8, 4) is 10.6 Å². The van der Waals surface area contributed by atoms with E-state index in [2.05, 4.69) is 14.7 Å². The molecule has 0 aliphatic carbocycles. The number of hydrogen-bond acceptors (Lipinski definition) is 5. The molecule has 9 heteroatoms. The third-order valence-corrected chi connectivity index (χ3v) is 7.18. The van der Waals surface area contributed by atoms with Crippen LogP contribution in [-0.2, 0) is 10.0 Å². The standard InChI is InChI=1S/C19H13Cl2N3O2S2/c1-11-9-12(18-23-16-3-2-8-22-19(16)27-18)4-7-15(11)24-28(25,26)17-10-13(20)5-6-14(17)21/h2-10,24H,1H3. The summed E-state index contributed by atoms with van der Waals surface area (Å²) in [6.45, 7) is 1.83. The normalized spacial score (nSPS) is 11.7. The summed E-state index contributed by atoms with van der Waals surface area (Å²) in [5, 5.41) is 1.22. The molecule has 0 radical (unpaired) electrons. The van der Waals surface area contributed by atoms with Gasteiger partial charge >= 0.3 is 0 Å². The number of sulfonamides is 1. The van der Waals surface area contributed by atoms with Gasteiger partial charge in [-0.3, -0.25) is 4.72 Å². The van der Waals surface area contributed by atoms with Gasteiger partial charge in [-0.15, -0.1) is 0 Å². The van der Waals surface area contributed by atoms with E-state index in [1.54, 1.807) is 12.3 Å². The van der Waals surface area contributed by atoms with Crippen LogP contribution in [0.1, 0.15) is 5.56 Å². The summed E-state index contributed by atoms with van der Waals surface area (Å²) in [6.07, 6.45) is 1.73. The topological polar surface area (TPSA) is 72.0 Å². The molecule has 0 amide bonds. The third kappa shape index (κ3) is 3.71. The second-order valence-electron chi connectivity index (χ2n) is 6.06. The first-order valence-corrected chi connectivity index (χ1v) is 11.2. The van der Waals surface area contributed by atoms with Crippen molar-refractivity contribution in [1.29, 1.82) is 0 Å². The van der Waals surface area contributed by atoms with Crippen molar-refractivity contribution in [2.45, 2.75) is 11.8 Å². The molecule has 0 saturated heterocycles. The Morgan fingerprint density at radius 1 is 1.07 bits per heavy atom. The van der Waals surface area contributed by atoms with Gasteiger partial charge in [0.25, 0.3) is 10.0 Å². The number of nitrogens with zero attached hydrogens (tertiary/aromatic N) is 2. The van der Waals surface area contributed by atoms with E-state index >= 15 is 0 Å². The Morgan fingerprint density at radius 2 is 1.89 bits per heavy atom. The maximum Gasteiger partial charge on any atom is 0.263 e. The van der Waals surface area contributed by atoms with Crippen molar-refractivity contribution >= 4 is 60.6 Å². The highest BCUT2D eigenvalue weighted by atomic mass is 35.5. The SMILES string of the molecule is Cc1cc(-c2nc3cccnc3s2)ccc1NS(=O)(=O)c1cc(Cl)ccc1Cl. The van der Waals surface area contributed by atoms with Gasteiger partial charge in [0.05, 0.1) is 10.7 Å². The van der Waals surface area contributed by atoms with Crippen molar-refractivity contribution in [2.75, 3.05) is 4.72 Å². The average Bonchev–Trinajstić information content (AvgIpc) is 3.09. The maximum absolute atomic E-state index is 12.7. The van der Waals surface area contributed by atoms with Gasteiger partial charge in [-0.25, -0.2) is 18.4 Å². The Morgan fingerprint density at radius 3 is 2.64 bits per heavy atom. The van der Waals surface area contributed by atoms with Crippen LogP contribution in [0.3, 0.4) is 0 Å². The zero-order chi connectivity index (χ0) is 19.9. The van der Waals surface area contributed by atoms with Crippen LogP contribution < -0.4 is 4.72 Å². The van der Waals surface area contributed by atoms with Gasteiger partial charge in [0, 0.05) is 16.8 Å². The Hall–Kier alpha value is -2.19. The highest BCUT2D eigenvalue weighted by Crippen LogP contribution is 2.32. The van der Waals surface area contributed by atoms with Crippen LogP contribution in [0.15, 0.2) is 59.6 Å². The van der Waals surface area contributed by atoms with Crippen LogP contribution in [0.5, 0.6) is 0 Å². The lowest BCUT2D eigenvalue weighted by Gasteiger charge is -2.12. The van der Waals surface area contributed by atoms with Crippen LogP contribution in [0.4, 0.5) is 5.69 Å². The molecule has 0 fully saturated rings. The third-order valence-electron chi connectivity index (χ3n) is 4.07. The van der Waals surface area contributed by atoms with Gasteiger partial charge < -0.3 is 0 Å². The molecule has 28 heavy (non-hydrogen) atoms. The number of hydrogen-bond donors (Lipinski definition) is 1. The molecular weight excluding hydrogens is 437 g/mol. The minimum absolute atomic E-state index is 0.0672.